The van der Waals surface area contributed by atoms with Gasteiger partial charge in [0.25, 0.3) is 0 Å². The van der Waals surface area contributed by atoms with Crippen LogP contribution in [0.25, 0.3) is 0 Å². The van der Waals surface area contributed by atoms with Crippen molar-refractivity contribution in [2.45, 2.75) is 65.0 Å². The normalized spacial score (nSPS) is 42.4. The summed E-state index contributed by atoms with van der Waals surface area (Å²) < 4.78 is 0. The Morgan fingerprint density at radius 3 is 1.14 bits per heavy atom. The predicted octanol–water partition coefficient (Wildman–Crippen LogP) is 0.876. The smallest absolute Gasteiger partial charge is 0.118 e. The number of nitrogens with zero attached hydrogens (tertiary/aromatic N) is 2. The fraction of sp³-hybridized carbons (Fsp3) is 1.00. The average Bonchev–Trinajstić information content (AvgIpc) is 2.76. The molecular weight excluding hydrogens is 176 g/mol. The SMILES string of the molecule is CC(C)(C)N1N[C@@H]1[C@@H]1NN1C(C)(C)C. The van der Waals surface area contributed by atoms with Gasteiger partial charge in [0.2, 0.25) is 0 Å². The van der Waals surface area contributed by atoms with Gasteiger partial charge in [-0.15, -0.1) is 0 Å². The van der Waals surface area contributed by atoms with Crippen LogP contribution in [0.15, 0.2) is 0 Å². The molecule has 2 rings (SSSR count). The molecule has 0 saturated carbocycles. The molecule has 0 radical (unpaired) electrons. The van der Waals surface area contributed by atoms with Crippen LogP contribution >= 0.6 is 0 Å². The van der Waals surface area contributed by atoms with Crippen molar-refractivity contribution in [2.24, 2.45) is 0 Å². The van der Waals surface area contributed by atoms with Crippen molar-refractivity contribution in [2.75, 3.05) is 0 Å². The van der Waals surface area contributed by atoms with Crippen LogP contribution in [-0.2, 0) is 0 Å². The highest BCUT2D eigenvalue weighted by molar-refractivity contribution is 5.03. The summed E-state index contributed by atoms with van der Waals surface area (Å²) in [5.74, 6) is 0. The monoisotopic (exact) mass is 198 g/mol. The Morgan fingerprint density at radius 2 is 1.00 bits per heavy atom. The molecule has 4 heteroatoms. The third-order valence-corrected chi connectivity index (χ3v) is 2.71. The van der Waals surface area contributed by atoms with Crippen molar-refractivity contribution in [1.82, 2.24) is 20.9 Å². The van der Waals surface area contributed by atoms with E-state index in [2.05, 4.69) is 62.4 Å². The fourth-order valence-electron chi connectivity index (χ4n) is 1.86. The van der Waals surface area contributed by atoms with Crippen molar-refractivity contribution in [3.8, 4) is 0 Å². The van der Waals surface area contributed by atoms with Crippen molar-refractivity contribution in [1.29, 1.82) is 0 Å². The first-order valence-corrected chi connectivity index (χ1v) is 5.32. The molecule has 82 valence electrons. The first-order chi connectivity index (χ1) is 6.21. The second-order valence-corrected chi connectivity index (χ2v) is 6.23. The van der Waals surface area contributed by atoms with Crippen LogP contribution in [0, 0.1) is 0 Å². The van der Waals surface area contributed by atoms with E-state index in [1.54, 1.807) is 0 Å². The Morgan fingerprint density at radius 1 is 0.714 bits per heavy atom. The first kappa shape index (κ1) is 10.4. The molecule has 2 heterocycles. The lowest BCUT2D eigenvalue weighted by Gasteiger charge is -2.20. The molecule has 0 aromatic heterocycles. The maximum Gasteiger partial charge on any atom is 0.118 e. The van der Waals surface area contributed by atoms with Crippen molar-refractivity contribution in [3.05, 3.63) is 0 Å². The number of nitrogens with one attached hydrogen (secondary N) is 2. The highest BCUT2D eigenvalue weighted by Gasteiger charge is 2.57. The van der Waals surface area contributed by atoms with Gasteiger partial charge in [-0.2, -0.15) is 0 Å². The van der Waals surface area contributed by atoms with E-state index in [4.69, 9.17) is 0 Å². The van der Waals surface area contributed by atoms with E-state index in [-0.39, 0.29) is 11.1 Å². The topological polar surface area (TPSA) is 49.9 Å². The number of rotatable bonds is 1. The molecule has 0 bridgehead atoms. The minimum absolute atomic E-state index is 0.221. The van der Waals surface area contributed by atoms with Gasteiger partial charge in [-0.1, -0.05) is 0 Å². The largest absolute Gasteiger partial charge is 0.231 e. The van der Waals surface area contributed by atoms with E-state index < -0.39 is 0 Å². The lowest BCUT2D eigenvalue weighted by atomic mass is 10.1. The Labute approximate surface area is 86.6 Å². The number of hydrogen-bond donors (Lipinski definition) is 2. The van der Waals surface area contributed by atoms with Crippen LogP contribution in [0.4, 0.5) is 0 Å². The molecule has 14 heavy (non-hydrogen) atoms. The first-order valence-electron chi connectivity index (χ1n) is 5.32. The molecular formula is C10H22N4. The summed E-state index contributed by atoms with van der Waals surface area (Å²) in [6.45, 7) is 13.4. The van der Waals surface area contributed by atoms with Crippen LogP contribution in [0.1, 0.15) is 41.5 Å². The van der Waals surface area contributed by atoms with Gasteiger partial charge in [0.1, 0.15) is 12.3 Å². The van der Waals surface area contributed by atoms with E-state index in [0.717, 1.165) is 0 Å². The summed E-state index contributed by atoms with van der Waals surface area (Å²) in [6.07, 6.45) is 0.962. The molecule has 2 saturated heterocycles. The number of hydrogen-bond acceptors (Lipinski definition) is 4. The van der Waals surface area contributed by atoms with E-state index in [1.807, 2.05) is 0 Å². The van der Waals surface area contributed by atoms with Crippen molar-refractivity contribution in [3.63, 3.8) is 0 Å². The highest BCUT2D eigenvalue weighted by atomic mass is 15.9. The van der Waals surface area contributed by atoms with Crippen LogP contribution in [0.3, 0.4) is 0 Å². The molecule has 2 fully saturated rings. The molecule has 2 unspecified atom stereocenters. The van der Waals surface area contributed by atoms with E-state index in [1.165, 1.54) is 0 Å². The zero-order valence-corrected chi connectivity index (χ0v) is 10.0. The molecule has 2 aliphatic heterocycles. The average molecular weight is 198 g/mol. The summed E-state index contributed by atoms with van der Waals surface area (Å²) in [7, 11) is 0. The molecule has 0 spiro atoms. The van der Waals surface area contributed by atoms with Gasteiger partial charge < -0.3 is 0 Å². The van der Waals surface area contributed by atoms with Gasteiger partial charge in [0.15, 0.2) is 0 Å². The van der Waals surface area contributed by atoms with Crippen molar-refractivity contribution >= 4 is 0 Å². The van der Waals surface area contributed by atoms with Gasteiger partial charge in [-0.25, -0.2) is 20.9 Å². The molecule has 0 amide bonds. The van der Waals surface area contributed by atoms with E-state index in [0.29, 0.717) is 12.3 Å². The Kier molecular flexibility index (Phi) is 2.00. The molecule has 2 aliphatic rings. The summed E-state index contributed by atoms with van der Waals surface area (Å²) >= 11 is 0. The molecule has 2 N–H and O–H groups in total. The summed E-state index contributed by atoms with van der Waals surface area (Å²) in [5.41, 5.74) is 7.25. The lowest BCUT2D eigenvalue weighted by Crippen LogP contribution is -2.33. The number of hydrazine groups is 2. The molecule has 0 aromatic rings. The summed E-state index contributed by atoms with van der Waals surface area (Å²) in [6, 6.07) is 0. The predicted molar refractivity (Wildman–Crippen MR) is 57.0 cm³/mol. The van der Waals surface area contributed by atoms with Gasteiger partial charge in [-0.3, -0.25) is 0 Å². The van der Waals surface area contributed by atoms with Gasteiger partial charge in [-0.05, 0) is 41.5 Å². The maximum atomic E-state index is 3.40. The zero-order valence-electron chi connectivity index (χ0n) is 10.0. The van der Waals surface area contributed by atoms with Crippen LogP contribution in [0.2, 0.25) is 0 Å². The quantitative estimate of drug-likeness (QED) is 0.614. The summed E-state index contributed by atoms with van der Waals surface area (Å²) in [5, 5.41) is 4.60. The Balaban J connectivity index is 1.87. The van der Waals surface area contributed by atoms with E-state index >= 15 is 0 Å². The molecule has 0 aromatic carbocycles. The Bertz CT molecular complexity index is 211. The standard InChI is InChI=1S/C10H22N4/c1-9(2,3)13-7(11-13)8-12-14(8)10(4,5)6/h7-8,11-12H,1-6H3/t7-,8+,13?,14?. The van der Waals surface area contributed by atoms with Gasteiger partial charge in [0, 0.05) is 11.1 Å². The maximum absolute atomic E-state index is 3.40. The Hall–Kier alpha value is -0.160. The van der Waals surface area contributed by atoms with Crippen molar-refractivity contribution < 1.29 is 0 Å². The van der Waals surface area contributed by atoms with Crippen LogP contribution in [-0.4, -0.2) is 33.4 Å². The van der Waals surface area contributed by atoms with Gasteiger partial charge in [0.05, 0.1) is 0 Å². The second-order valence-electron chi connectivity index (χ2n) is 6.23. The second kappa shape index (κ2) is 2.70. The molecule has 0 aliphatic carbocycles. The lowest BCUT2D eigenvalue weighted by molar-refractivity contribution is 0.235. The minimum Gasteiger partial charge on any atom is -0.231 e. The summed E-state index contributed by atoms with van der Waals surface area (Å²) in [4.78, 5) is 0. The third kappa shape index (κ3) is 1.80. The fourth-order valence-corrected chi connectivity index (χ4v) is 1.86. The van der Waals surface area contributed by atoms with Crippen LogP contribution < -0.4 is 10.9 Å². The highest BCUT2D eigenvalue weighted by Crippen LogP contribution is 2.34. The minimum atomic E-state index is 0.221. The molecule has 4 atom stereocenters. The van der Waals surface area contributed by atoms with E-state index in [9.17, 15) is 0 Å². The third-order valence-electron chi connectivity index (χ3n) is 2.71. The van der Waals surface area contributed by atoms with Gasteiger partial charge >= 0.3 is 0 Å². The zero-order chi connectivity index (χ0) is 10.7. The van der Waals surface area contributed by atoms with Crippen LogP contribution in [0.5, 0.6) is 0 Å². The molecule has 4 nitrogen and oxygen atoms in total.